The van der Waals surface area contributed by atoms with Crippen LogP contribution in [0.25, 0.3) is 0 Å². The van der Waals surface area contributed by atoms with Crippen LogP contribution in [0.1, 0.15) is 41.5 Å². The van der Waals surface area contributed by atoms with E-state index in [-0.39, 0.29) is 18.3 Å². The van der Waals surface area contributed by atoms with Gasteiger partial charge < -0.3 is 14.6 Å². The first-order chi connectivity index (χ1) is 8.73. The maximum absolute atomic E-state index is 6.07. The van der Waals surface area contributed by atoms with E-state index in [4.69, 9.17) is 9.31 Å². The number of pyridine rings is 1. The van der Waals surface area contributed by atoms with E-state index in [0.29, 0.717) is 6.04 Å². The quantitative estimate of drug-likeness (QED) is 0.848. The van der Waals surface area contributed by atoms with Gasteiger partial charge in [-0.1, -0.05) is 0 Å². The summed E-state index contributed by atoms with van der Waals surface area (Å²) < 4.78 is 12.1. The van der Waals surface area contributed by atoms with Crippen molar-refractivity contribution in [1.82, 2.24) is 4.98 Å². The number of anilines is 1. The summed E-state index contributed by atoms with van der Waals surface area (Å²) in [6, 6.07) is 2.31. The molecule has 1 aliphatic heterocycles. The van der Waals surface area contributed by atoms with Gasteiger partial charge in [0, 0.05) is 29.6 Å². The molecule has 5 heteroatoms. The van der Waals surface area contributed by atoms with Gasteiger partial charge in [0.15, 0.2) is 0 Å². The lowest BCUT2D eigenvalue weighted by Crippen LogP contribution is -2.41. The number of nitrogens with zero attached hydrogens (tertiary/aromatic N) is 1. The van der Waals surface area contributed by atoms with Crippen LogP contribution in [0.5, 0.6) is 0 Å². The molecule has 0 radical (unpaired) electrons. The van der Waals surface area contributed by atoms with Crippen LogP contribution in [-0.2, 0) is 9.31 Å². The Morgan fingerprint density at radius 1 is 1.16 bits per heavy atom. The zero-order valence-electron chi connectivity index (χ0n) is 12.7. The van der Waals surface area contributed by atoms with Crippen molar-refractivity contribution in [2.45, 2.75) is 58.8 Å². The first kappa shape index (κ1) is 14.3. The van der Waals surface area contributed by atoms with Crippen molar-refractivity contribution in [3.05, 3.63) is 18.5 Å². The molecule has 0 amide bonds. The molecular formula is C14H23BN2O2. The number of aromatic nitrogens is 1. The second-order valence-corrected chi connectivity index (χ2v) is 6.35. The summed E-state index contributed by atoms with van der Waals surface area (Å²) in [5.41, 5.74) is 1.31. The van der Waals surface area contributed by atoms with Gasteiger partial charge in [-0.15, -0.1) is 0 Å². The minimum Gasteiger partial charge on any atom is -0.399 e. The summed E-state index contributed by atoms with van der Waals surface area (Å²) in [5.74, 6) is 0. The highest BCUT2D eigenvalue weighted by Gasteiger charge is 2.52. The van der Waals surface area contributed by atoms with E-state index >= 15 is 0 Å². The lowest BCUT2D eigenvalue weighted by atomic mass is 9.79. The van der Waals surface area contributed by atoms with Crippen LogP contribution in [0, 0.1) is 0 Å². The van der Waals surface area contributed by atoms with Crippen molar-refractivity contribution >= 4 is 18.3 Å². The van der Waals surface area contributed by atoms with Crippen molar-refractivity contribution < 1.29 is 9.31 Å². The smallest absolute Gasteiger partial charge is 0.399 e. The molecule has 1 saturated heterocycles. The Morgan fingerprint density at radius 2 is 1.74 bits per heavy atom. The van der Waals surface area contributed by atoms with Gasteiger partial charge in [-0.25, -0.2) is 0 Å². The average Bonchev–Trinajstić information content (AvgIpc) is 2.48. The Balaban J connectivity index is 2.29. The van der Waals surface area contributed by atoms with Crippen molar-refractivity contribution in [1.29, 1.82) is 0 Å². The predicted molar refractivity (Wildman–Crippen MR) is 78.7 cm³/mol. The standard InChI is InChI=1S/C14H23BN2O2/c1-10(2)17-12-7-8-16-9-11(12)15-18-13(3,4)14(5,6)19-15/h7-10H,1-6H3,(H,16,17). The molecule has 19 heavy (non-hydrogen) atoms. The largest absolute Gasteiger partial charge is 0.498 e. The second-order valence-electron chi connectivity index (χ2n) is 6.35. The van der Waals surface area contributed by atoms with E-state index in [9.17, 15) is 0 Å². The van der Waals surface area contributed by atoms with Crippen molar-refractivity contribution in [3.8, 4) is 0 Å². The van der Waals surface area contributed by atoms with E-state index in [2.05, 4.69) is 51.8 Å². The van der Waals surface area contributed by atoms with Crippen molar-refractivity contribution in [2.24, 2.45) is 0 Å². The third-order valence-corrected chi connectivity index (χ3v) is 3.80. The minimum absolute atomic E-state index is 0.331. The zero-order valence-corrected chi connectivity index (χ0v) is 12.7. The molecule has 4 nitrogen and oxygen atoms in total. The fraction of sp³-hybridized carbons (Fsp3) is 0.643. The maximum atomic E-state index is 6.07. The van der Waals surface area contributed by atoms with E-state index < -0.39 is 0 Å². The number of nitrogens with one attached hydrogen (secondary N) is 1. The van der Waals surface area contributed by atoms with Crippen LogP contribution in [0.15, 0.2) is 18.5 Å². The number of rotatable bonds is 3. The maximum Gasteiger partial charge on any atom is 0.498 e. The summed E-state index contributed by atoms with van der Waals surface area (Å²) in [7, 11) is -0.375. The SMILES string of the molecule is CC(C)Nc1ccncc1B1OC(C)(C)C(C)(C)O1. The van der Waals surface area contributed by atoms with Gasteiger partial charge in [-0.05, 0) is 47.6 Å². The fourth-order valence-corrected chi connectivity index (χ4v) is 2.01. The van der Waals surface area contributed by atoms with Gasteiger partial charge in [-0.2, -0.15) is 0 Å². The molecule has 0 saturated carbocycles. The average molecular weight is 262 g/mol. The third kappa shape index (κ3) is 2.77. The van der Waals surface area contributed by atoms with Gasteiger partial charge in [0.25, 0.3) is 0 Å². The predicted octanol–water partition coefficient (Wildman–Crippen LogP) is 2.20. The molecule has 0 aliphatic carbocycles. The van der Waals surface area contributed by atoms with Gasteiger partial charge in [0.2, 0.25) is 0 Å². The van der Waals surface area contributed by atoms with Crippen LogP contribution in [0.4, 0.5) is 5.69 Å². The van der Waals surface area contributed by atoms with Gasteiger partial charge in [-0.3, -0.25) is 4.98 Å². The molecule has 104 valence electrons. The monoisotopic (exact) mass is 262 g/mol. The number of hydrogen-bond acceptors (Lipinski definition) is 4. The van der Waals surface area contributed by atoms with Gasteiger partial charge in [0.1, 0.15) is 0 Å². The molecule has 1 N–H and O–H groups in total. The van der Waals surface area contributed by atoms with Gasteiger partial charge >= 0.3 is 7.12 Å². The molecule has 0 bridgehead atoms. The molecule has 0 unspecified atom stereocenters. The van der Waals surface area contributed by atoms with E-state index in [0.717, 1.165) is 11.2 Å². The lowest BCUT2D eigenvalue weighted by molar-refractivity contribution is 0.00578. The summed E-state index contributed by atoms with van der Waals surface area (Å²) in [6.07, 6.45) is 3.59. The summed E-state index contributed by atoms with van der Waals surface area (Å²) >= 11 is 0. The van der Waals surface area contributed by atoms with Crippen LogP contribution >= 0.6 is 0 Å². The second kappa shape index (κ2) is 4.80. The van der Waals surface area contributed by atoms with E-state index in [1.807, 2.05) is 12.3 Å². The first-order valence-corrected chi connectivity index (χ1v) is 6.79. The Labute approximate surface area is 116 Å². The molecule has 0 atom stereocenters. The van der Waals surface area contributed by atoms with Crippen molar-refractivity contribution in [3.63, 3.8) is 0 Å². The molecule has 1 aromatic heterocycles. The van der Waals surface area contributed by atoms with Gasteiger partial charge in [0.05, 0.1) is 11.2 Å². The highest BCUT2D eigenvalue weighted by Crippen LogP contribution is 2.36. The number of hydrogen-bond donors (Lipinski definition) is 1. The molecule has 1 aromatic rings. The Bertz CT molecular complexity index is 445. The molecular weight excluding hydrogens is 239 g/mol. The topological polar surface area (TPSA) is 43.4 Å². The zero-order chi connectivity index (χ0) is 14.3. The van der Waals surface area contributed by atoms with E-state index in [1.165, 1.54) is 0 Å². The van der Waals surface area contributed by atoms with Crippen LogP contribution in [0.2, 0.25) is 0 Å². The fourth-order valence-electron chi connectivity index (χ4n) is 2.01. The highest BCUT2D eigenvalue weighted by molar-refractivity contribution is 6.63. The molecule has 0 aromatic carbocycles. The van der Waals surface area contributed by atoms with Crippen LogP contribution in [0.3, 0.4) is 0 Å². The molecule has 2 heterocycles. The molecule has 1 aliphatic rings. The Hall–Kier alpha value is -1.07. The molecule has 2 rings (SSSR count). The van der Waals surface area contributed by atoms with E-state index in [1.54, 1.807) is 6.20 Å². The normalized spacial score (nSPS) is 20.9. The first-order valence-electron chi connectivity index (χ1n) is 6.79. The lowest BCUT2D eigenvalue weighted by Gasteiger charge is -2.32. The van der Waals surface area contributed by atoms with Crippen molar-refractivity contribution in [2.75, 3.05) is 5.32 Å². The highest BCUT2D eigenvalue weighted by atomic mass is 16.7. The van der Waals surface area contributed by atoms with Crippen LogP contribution < -0.4 is 10.8 Å². The molecule has 0 spiro atoms. The Kier molecular flexibility index (Phi) is 3.62. The van der Waals surface area contributed by atoms with Crippen LogP contribution in [-0.4, -0.2) is 29.3 Å². The third-order valence-electron chi connectivity index (χ3n) is 3.80. The Morgan fingerprint density at radius 3 is 2.26 bits per heavy atom. The minimum atomic E-state index is -0.375. The summed E-state index contributed by atoms with van der Waals surface area (Å²) in [5, 5.41) is 3.40. The summed E-state index contributed by atoms with van der Waals surface area (Å²) in [6.45, 7) is 12.4. The molecule has 1 fully saturated rings. The summed E-state index contributed by atoms with van der Waals surface area (Å²) in [4.78, 5) is 4.19.